The number of fused-ring (bicyclic) bond motifs is 5. The molecule has 3 aliphatic rings. The molecule has 26 heavy (non-hydrogen) atoms. The summed E-state index contributed by atoms with van der Waals surface area (Å²) in [4.78, 5) is 15.8. The molecule has 2 aliphatic heterocycles. The number of carbonyl (C=O) groups excluding carboxylic acids is 1. The molecule has 0 amide bonds. The van der Waals surface area contributed by atoms with Gasteiger partial charge in [0.05, 0.1) is 12.7 Å². The predicted octanol–water partition coefficient (Wildman–Crippen LogP) is 2.25. The van der Waals surface area contributed by atoms with Crippen molar-refractivity contribution in [2.24, 2.45) is 0 Å². The van der Waals surface area contributed by atoms with Crippen LogP contribution >= 0.6 is 0 Å². The molecule has 1 atom stereocenters. The molecule has 0 fully saturated rings. The van der Waals surface area contributed by atoms with E-state index in [1.54, 1.807) is 6.07 Å². The van der Waals surface area contributed by atoms with Gasteiger partial charge in [-0.15, -0.1) is 0 Å². The van der Waals surface area contributed by atoms with Crippen molar-refractivity contribution >= 4 is 5.78 Å². The maximum atomic E-state index is 13.7. The van der Waals surface area contributed by atoms with E-state index in [1.165, 1.54) is 7.11 Å². The summed E-state index contributed by atoms with van der Waals surface area (Å²) in [5.41, 5.74) is 2.65. The van der Waals surface area contributed by atoms with E-state index < -0.39 is 5.54 Å². The number of carbonyl (C=O) groups is 1. The maximum Gasteiger partial charge on any atom is 0.231 e. The fraction of sp³-hybridized carbons (Fsp3) is 0.350. The molecule has 0 saturated carbocycles. The molecule has 2 heterocycles. The van der Waals surface area contributed by atoms with E-state index in [0.717, 1.165) is 29.7 Å². The molecule has 1 aliphatic carbocycles. The number of phenolic OH excluding ortho intramolecular Hbond substituents is 1. The van der Waals surface area contributed by atoms with Crippen molar-refractivity contribution in [3.63, 3.8) is 0 Å². The van der Waals surface area contributed by atoms with E-state index in [4.69, 9.17) is 14.2 Å². The zero-order chi connectivity index (χ0) is 18.1. The lowest BCUT2D eigenvalue weighted by molar-refractivity contribution is 0.0612. The number of rotatable bonds is 1. The minimum absolute atomic E-state index is 0.0195. The first-order chi connectivity index (χ1) is 12.6. The molecule has 6 nitrogen and oxygen atoms in total. The molecule has 6 heteroatoms. The molecule has 2 aromatic rings. The van der Waals surface area contributed by atoms with Crippen LogP contribution in [0.5, 0.6) is 23.0 Å². The van der Waals surface area contributed by atoms with Crippen LogP contribution in [0.2, 0.25) is 0 Å². The lowest BCUT2D eigenvalue weighted by Crippen LogP contribution is -2.52. The molecule has 134 valence electrons. The third-order valence-electron chi connectivity index (χ3n) is 5.89. The van der Waals surface area contributed by atoms with Crippen molar-refractivity contribution in [1.29, 1.82) is 0 Å². The second-order valence-electron chi connectivity index (χ2n) is 7.05. The highest BCUT2D eigenvalue weighted by Crippen LogP contribution is 2.52. The van der Waals surface area contributed by atoms with E-state index in [2.05, 4.69) is 4.90 Å². The zero-order valence-corrected chi connectivity index (χ0v) is 14.7. The third kappa shape index (κ3) is 1.77. The van der Waals surface area contributed by atoms with Gasteiger partial charge in [0, 0.05) is 13.0 Å². The maximum absolute atomic E-state index is 13.7. The summed E-state index contributed by atoms with van der Waals surface area (Å²) in [5, 5.41) is 10.2. The van der Waals surface area contributed by atoms with Crippen molar-refractivity contribution in [3.05, 3.63) is 46.5 Å². The highest BCUT2D eigenvalue weighted by molar-refractivity contribution is 6.11. The van der Waals surface area contributed by atoms with Crippen LogP contribution in [0.1, 0.15) is 27.0 Å². The first-order valence-electron chi connectivity index (χ1n) is 8.64. The molecule has 2 aromatic carbocycles. The smallest absolute Gasteiger partial charge is 0.231 e. The van der Waals surface area contributed by atoms with Gasteiger partial charge in [-0.05, 0) is 48.4 Å². The highest BCUT2D eigenvalue weighted by Gasteiger charge is 2.54. The third-order valence-corrected chi connectivity index (χ3v) is 5.89. The standard InChI is InChI=1S/C20H19NO5/c1-21-6-5-11-7-14(22)16(24-2)8-13(11)20(21)9-12-3-4-15-18(26-10-25-15)17(12)19(20)23/h3-4,7-8,22H,5-6,9-10H2,1-2H3/t20-/m0/s1. The molecule has 5 rings (SSSR count). The van der Waals surface area contributed by atoms with Gasteiger partial charge in [-0.2, -0.15) is 0 Å². The topological polar surface area (TPSA) is 68.2 Å². The van der Waals surface area contributed by atoms with Crippen molar-refractivity contribution in [2.75, 3.05) is 27.5 Å². The number of hydrogen-bond acceptors (Lipinski definition) is 6. The van der Waals surface area contributed by atoms with Crippen LogP contribution in [0.15, 0.2) is 24.3 Å². The molecule has 0 unspecified atom stereocenters. The minimum Gasteiger partial charge on any atom is -0.504 e. The van der Waals surface area contributed by atoms with Crippen molar-refractivity contribution < 1.29 is 24.1 Å². The number of ketones is 1. The Hall–Kier alpha value is -2.73. The number of nitrogens with zero attached hydrogens (tertiary/aromatic N) is 1. The second-order valence-corrected chi connectivity index (χ2v) is 7.05. The van der Waals surface area contributed by atoms with Crippen LogP contribution < -0.4 is 14.2 Å². The highest BCUT2D eigenvalue weighted by atomic mass is 16.7. The Kier molecular flexibility index (Phi) is 3.07. The normalized spacial score (nSPS) is 23.2. The second kappa shape index (κ2) is 5.14. The van der Waals surface area contributed by atoms with Gasteiger partial charge >= 0.3 is 0 Å². The van der Waals surface area contributed by atoms with Gasteiger partial charge in [0.15, 0.2) is 28.8 Å². The number of Topliss-reactive ketones (excluding diaryl/α,β-unsaturated/α-hetero) is 1. The Morgan fingerprint density at radius 3 is 2.88 bits per heavy atom. The summed E-state index contributed by atoms with van der Waals surface area (Å²) in [6.45, 7) is 0.873. The number of benzene rings is 2. The fourth-order valence-corrected chi connectivity index (χ4v) is 4.55. The van der Waals surface area contributed by atoms with Crippen LogP contribution in [0.4, 0.5) is 0 Å². The number of aromatic hydroxyl groups is 1. The molecular formula is C20H19NO5. The Labute approximate surface area is 150 Å². The Bertz CT molecular complexity index is 954. The minimum atomic E-state index is -0.808. The SMILES string of the molecule is COc1cc2c(cc1O)CCN(C)[C@@]21Cc2ccc3c(c2C1=O)OCO3. The summed E-state index contributed by atoms with van der Waals surface area (Å²) in [6, 6.07) is 7.36. The fourth-order valence-electron chi connectivity index (χ4n) is 4.55. The average Bonchev–Trinajstić information content (AvgIpc) is 3.21. The summed E-state index contributed by atoms with van der Waals surface area (Å²) in [5.74, 6) is 1.68. The van der Waals surface area contributed by atoms with Crippen LogP contribution in [0.25, 0.3) is 0 Å². The monoisotopic (exact) mass is 353 g/mol. The molecule has 1 spiro atoms. The predicted molar refractivity (Wildman–Crippen MR) is 93.3 cm³/mol. The molecule has 0 bridgehead atoms. The first kappa shape index (κ1) is 15.5. The van der Waals surface area contributed by atoms with E-state index in [1.807, 2.05) is 25.2 Å². The summed E-state index contributed by atoms with van der Waals surface area (Å²) in [6.07, 6.45) is 1.34. The van der Waals surface area contributed by atoms with Gasteiger partial charge in [0.25, 0.3) is 0 Å². The summed E-state index contributed by atoms with van der Waals surface area (Å²) < 4.78 is 16.4. The average molecular weight is 353 g/mol. The van der Waals surface area contributed by atoms with Crippen LogP contribution in [0, 0.1) is 0 Å². The van der Waals surface area contributed by atoms with E-state index >= 15 is 0 Å². The van der Waals surface area contributed by atoms with Gasteiger partial charge in [-0.1, -0.05) is 6.07 Å². The van der Waals surface area contributed by atoms with E-state index in [9.17, 15) is 9.90 Å². The van der Waals surface area contributed by atoms with Gasteiger partial charge in [0.2, 0.25) is 6.79 Å². The Morgan fingerprint density at radius 2 is 2.08 bits per heavy atom. The summed E-state index contributed by atoms with van der Waals surface area (Å²) >= 11 is 0. The molecule has 0 aromatic heterocycles. The quantitative estimate of drug-likeness (QED) is 0.848. The Balaban J connectivity index is 1.74. The van der Waals surface area contributed by atoms with Crippen molar-refractivity contribution in [3.8, 4) is 23.0 Å². The van der Waals surface area contributed by atoms with Gasteiger partial charge in [-0.3, -0.25) is 9.69 Å². The number of methoxy groups -OCH3 is 1. The first-order valence-corrected chi connectivity index (χ1v) is 8.64. The van der Waals surface area contributed by atoms with Crippen molar-refractivity contribution in [1.82, 2.24) is 4.90 Å². The molecular weight excluding hydrogens is 334 g/mol. The van der Waals surface area contributed by atoms with E-state index in [-0.39, 0.29) is 18.3 Å². The molecule has 0 radical (unpaired) electrons. The van der Waals surface area contributed by atoms with Crippen LogP contribution in [0.3, 0.4) is 0 Å². The number of phenols is 1. The number of ether oxygens (including phenoxy) is 3. The lowest BCUT2D eigenvalue weighted by atomic mass is 9.77. The van der Waals surface area contributed by atoms with Crippen molar-refractivity contribution in [2.45, 2.75) is 18.4 Å². The zero-order valence-electron chi connectivity index (χ0n) is 14.7. The number of likely N-dealkylation sites (N-methyl/N-ethyl adjacent to an activating group) is 1. The summed E-state index contributed by atoms with van der Waals surface area (Å²) in [7, 11) is 3.49. The van der Waals surface area contributed by atoms with Gasteiger partial charge in [0.1, 0.15) is 5.54 Å². The lowest BCUT2D eigenvalue weighted by Gasteiger charge is -2.43. The van der Waals surface area contributed by atoms with Crippen LogP contribution in [-0.2, 0) is 18.4 Å². The molecule has 0 saturated heterocycles. The molecule has 1 N–H and O–H groups in total. The van der Waals surface area contributed by atoms with Gasteiger partial charge < -0.3 is 19.3 Å². The number of hydrogen-bond donors (Lipinski definition) is 1. The van der Waals surface area contributed by atoms with E-state index in [0.29, 0.717) is 29.2 Å². The Morgan fingerprint density at radius 1 is 1.23 bits per heavy atom. The largest absolute Gasteiger partial charge is 0.504 e. The van der Waals surface area contributed by atoms with Gasteiger partial charge in [-0.25, -0.2) is 0 Å². The van der Waals surface area contributed by atoms with Crippen LogP contribution in [-0.4, -0.2) is 43.3 Å².